The van der Waals surface area contributed by atoms with Gasteiger partial charge in [-0.25, -0.2) is 0 Å². The number of phenols is 2. The second-order valence-corrected chi connectivity index (χ2v) is 9.60. The molecule has 1 atom stereocenters. The van der Waals surface area contributed by atoms with Crippen molar-refractivity contribution in [2.24, 2.45) is 11.3 Å². The van der Waals surface area contributed by atoms with Crippen molar-refractivity contribution >= 4 is 0 Å². The molecule has 3 rings (SSSR count). The molecule has 0 radical (unpaired) electrons. The first kappa shape index (κ1) is 19.8. The van der Waals surface area contributed by atoms with E-state index in [4.69, 9.17) is 0 Å². The van der Waals surface area contributed by atoms with Crippen molar-refractivity contribution in [3.63, 3.8) is 0 Å². The molecule has 0 amide bonds. The molecule has 0 heterocycles. The number of aromatic hydroxyl groups is 2. The molecule has 0 saturated heterocycles. The Bertz CT molecular complexity index is 772. The fourth-order valence-electron chi connectivity index (χ4n) is 5.02. The molecule has 0 aliphatic heterocycles. The number of hydrogen-bond donors (Lipinski definition) is 2. The molecular weight excluding hydrogens is 332 g/mol. The first-order chi connectivity index (χ1) is 12.5. The highest BCUT2D eigenvalue weighted by Gasteiger charge is 2.46. The Labute approximate surface area is 164 Å². The minimum atomic E-state index is -0.0948. The van der Waals surface area contributed by atoms with Crippen LogP contribution in [-0.2, 0) is 5.41 Å². The second kappa shape index (κ2) is 6.58. The Morgan fingerprint density at radius 2 is 1.15 bits per heavy atom. The molecule has 2 nitrogen and oxygen atoms in total. The van der Waals surface area contributed by atoms with E-state index in [0.717, 1.165) is 35.1 Å². The predicted molar refractivity (Wildman–Crippen MR) is 113 cm³/mol. The highest BCUT2D eigenvalue weighted by molar-refractivity contribution is 5.52. The summed E-state index contributed by atoms with van der Waals surface area (Å²) in [5, 5.41) is 20.6. The van der Waals surface area contributed by atoms with Crippen LogP contribution >= 0.6 is 0 Å². The van der Waals surface area contributed by atoms with Crippen LogP contribution in [-0.4, -0.2) is 10.2 Å². The molecule has 2 aromatic rings. The normalized spacial score (nSPS) is 21.2. The van der Waals surface area contributed by atoms with E-state index < -0.39 is 0 Å². The van der Waals surface area contributed by atoms with Gasteiger partial charge in [0.15, 0.2) is 0 Å². The van der Waals surface area contributed by atoms with Gasteiger partial charge in [-0.05, 0) is 91.7 Å². The van der Waals surface area contributed by atoms with Crippen LogP contribution in [0.15, 0.2) is 24.3 Å². The van der Waals surface area contributed by atoms with Crippen molar-refractivity contribution in [3.05, 3.63) is 57.6 Å². The van der Waals surface area contributed by atoms with E-state index in [1.807, 2.05) is 27.7 Å². The van der Waals surface area contributed by atoms with Crippen LogP contribution in [0.25, 0.3) is 0 Å². The van der Waals surface area contributed by atoms with Crippen molar-refractivity contribution in [2.75, 3.05) is 0 Å². The molecule has 2 aromatic carbocycles. The SMILES string of the molecule is Cc1cc(C2(c3cc(C)c(O)c(C)c3)CCC(C)C(C)(C)C2)cc(C)c1O. The van der Waals surface area contributed by atoms with Gasteiger partial charge < -0.3 is 10.2 Å². The summed E-state index contributed by atoms with van der Waals surface area (Å²) in [6, 6.07) is 8.69. The van der Waals surface area contributed by atoms with Crippen LogP contribution in [0.2, 0.25) is 0 Å². The Hall–Kier alpha value is -1.96. The molecule has 2 heteroatoms. The van der Waals surface area contributed by atoms with Crippen LogP contribution in [0.3, 0.4) is 0 Å². The van der Waals surface area contributed by atoms with Crippen LogP contribution in [0.5, 0.6) is 11.5 Å². The highest BCUT2D eigenvalue weighted by atomic mass is 16.3. The number of hydrogen-bond acceptors (Lipinski definition) is 2. The van der Waals surface area contributed by atoms with Crippen LogP contribution in [0.1, 0.15) is 73.4 Å². The third-order valence-electron chi connectivity index (χ3n) is 7.18. The number of phenolic OH excluding ortho intramolecular Hbond substituents is 2. The van der Waals surface area contributed by atoms with E-state index >= 15 is 0 Å². The summed E-state index contributed by atoms with van der Waals surface area (Å²) in [4.78, 5) is 0. The fraction of sp³-hybridized carbons (Fsp3) is 0.520. The number of aryl methyl sites for hydroxylation is 4. The van der Waals surface area contributed by atoms with Gasteiger partial charge in [0.25, 0.3) is 0 Å². The topological polar surface area (TPSA) is 40.5 Å². The van der Waals surface area contributed by atoms with Crippen LogP contribution < -0.4 is 0 Å². The van der Waals surface area contributed by atoms with Crippen molar-refractivity contribution in [1.29, 1.82) is 0 Å². The van der Waals surface area contributed by atoms with E-state index in [1.165, 1.54) is 17.5 Å². The Morgan fingerprint density at radius 1 is 0.778 bits per heavy atom. The molecule has 0 aromatic heterocycles. The standard InChI is InChI=1S/C25H34O2/c1-15-10-20(11-16(2)22(15)26)25(9-8-19(5)24(6,7)14-25)21-12-17(3)23(27)18(4)13-21/h10-13,19,26-27H,8-9,14H2,1-7H3. The molecule has 0 spiro atoms. The molecule has 1 unspecified atom stereocenters. The first-order valence-corrected chi connectivity index (χ1v) is 10.1. The molecule has 146 valence electrons. The van der Waals surface area contributed by atoms with Crippen molar-refractivity contribution in [2.45, 2.75) is 73.1 Å². The molecule has 1 aliphatic rings. The minimum absolute atomic E-state index is 0.0948. The number of rotatable bonds is 2. The molecule has 0 bridgehead atoms. The second-order valence-electron chi connectivity index (χ2n) is 9.60. The van der Waals surface area contributed by atoms with Crippen molar-refractivity contribution in [1.82, 2.24) is 0 Å². The quantitative estimate of drug-likeness (QED) is 0.640. The maximum Gasteiger partial charge on any atom is 0.121 e. The molecular formula is C25H34O2. The molecule has 1 saturated carbocycles. The lowest BCUT2D eigenvalue weighted by atomic mass is 9.54. The maximum atomic E-state index is 10.3. The van der Waals surface area contributed by atoms with Gasteiger partial charge in [0.1, 0.15) is 11.5 Å². The molecule has 2 N–H and O–H groups in total. The molecule has 27 heavy (non-hydrogen) atoms. The van der Waals surface area contributed by atoms with Gasteiger partial charge in [-0.15, -0.1) is 0 Å². The van der Waals surface area contributed by atoms with E-state index in [1.54, 1.807) is 0 Å². The minimum Gasteiger partial charge on any atom is -0.507 e. The third-order valence-corrected chi connectivity index (χ3v) is 7.18. The van der Waals surface area contributed by atoms with E-state index in [2.05, 4.69) is 45.0 Å². The van der Waals surface area contributed by atoms with E-state index in [9.17, 15) is 10.2 Å². The summed E-state index contributed by atoms with van der Waals surface area (Å²) >= 11 is 0. The zero-order valence-electron chi connectivity index (χ0n) is 17.9. The molecule has 1 aliphatic carbocycles. The fourth-order valence-corrected chi connectivity index (χ4v) is 5.02. The maximum absolute atomic E-state index is 10.3. The highest BCUT2D eigenvalue weighted by Crippen LogP contribution is 2.55. The van der Waals surface area contributed by atoms with Gasteiger partial charge in [0.2, 0.25) is 0 Å². The first-order valence-electron chi connectivity index (χ1n) is 10.1. The lowest BCUT2D eigenvalue weighted by Gasteiger charge is -2.49. The van der Waals surface area contributed by atoms with Crippen molar-refractivity contribution < 1.29 is 10.2 Å². The summed E-state index contributed by atoms with van der Waals surface area (Å²) in [5.74, 6) is 1.47. The largest absolute Gasteiger partial charge is 0.507 e. The zero-order valence-corrected chi connectivity index (χ0v) is 17.9. The summed E-state index contributed by atoms with van der Waals surface area (Å²) in [6.07, 6.45) is 3.32. The average Bonchev–Trinajstić information content (AvgIpc) is 2.59. The third kappa shape index (κ3) is 3.24. The number of benzene rings is 2. The van der Waals surface area contributed by atoms with Gasteiger partial charge in [-0.2, -0.15) is 0 Å². The van der Waals surface area contributed by atoms with Crippen LogP contribution in [0.4, 0.5) is 0 Å². The van der Waals surface area contributed by atoms with E-state index in [0.29, 0.717) is 17.4 Å². The van der Waals surface area contributed by atoms with Gasteiger partial charge in [-0.1, -0.05) is 45.0 Å². The van der Waals surface area contributed by atoms with E-state index in [-0.39, 0.29) is 10.8 Å². The Kier molecular flexibility index (Phi) is 4.82. The monoisotopic (exact) mass is 366 g/mol. The van der Waals surface area contributed by atoms with Crippen molar-refractivity contribution in [3.8, 4) is 11.5 Å². The van der Waals surface area contributed by atoms with Gasteiger partial charge in [0.05, 0.1) is 0 Å². The van der Waals surface area contributed by atoms with Gasteiger partial charge in [0, 0.05) is 5.41 Å². The predicted octanol–water partition coefficient (Wildman–Crippen LogP) is 6.46. The average molecular weight is 367 g/mol. The Morgan fingerprint density at radius 3 is 1.48 bits per heavy atom. The lowest BCUT2D eigenvalue weighted by molar-refractivity contribution is 0.102. The summed E-state index contributed by atoms with van der Waals surface area (Å²) < 4.78 is 0. The summed E-state index contributed by atoms with van der Waals surface area (Å²) in [6.45, 7) is 15.1. The summed E-state index contributed by atoms with van der Waals surface area (Å²) in [5.41, 5.74) is 6.46. The van der Waals surface area contributed by atoms with Crippen LogP contribution in [0, 0.1) is 39.0 Å². The summed E-state index contributed by atoms with van der Waals surface area (Å²) in [7, 11) is 0. The smallest absolute Gasteiger partial charge is 0.121 e. The molecule has 1 fully saturated rings. The Balaban J connectivity index is 2.29. The van der Waals surface area contributed by atoms with Gasteiger partial charge in [-0.3, -0.25) is 0 Å². The van der Waals surface area contributed by atoms with Gasteiger partial charge >= 0.3 is 0 Å². The lowest BCUT2D eigenvalue weighted by Crippen LogP contribution is -2.42. The zero-order chi connectivity index (χ0) is 20.1.